The first-order valence-corrected chi connectivity index (χ1v) is 6.84. The Morgan fingerprint density at radius 2 is 2.24 bits per heavy atom. The minimum atomic E-state index is -2.84. The van der Waals surface area contributed by atoms with Crippen LogP contribution in [-0.4, -0.2) is 27.9 Å². The van der Waals surface area contributed by atoms with Crippen LogP contribution in [0.1, 0.15) is 12.2 Å². The van der Waals surface area contributed by atoms with Crippen molar-refractivity contribution >= 4 is 0 Å². The third-order valence-electron chi connectivity index (χ3n) is 3.70. The van der Waals surface area contributed by atoms with Crippen LogP contribution in [0, 0.1) is 5.92 Å². The minimum Gasteiger partial charge on any atom is -0.435 e. The van der Waals surface area contributed by atoms with Gasteiger partial charge >= 0.3 is 6.61 Å². The van der Waals surface area contributed by atoms with Gasteiger partial charge in [0, 0.05) is 18.5 Å². The van der Waals surface area contributed by atoms with Gasteiger partial charge in [-0.15, -0.1) is 10.2 Å². The summed E-state index contributed by atoms with van der Waals surface area (Å²) in [5.41, 5.74) is 6.45. The average Bonchev–Trinajstić information content (AvgIpc) is 2.89. The topological polar surface area (TPSA) is 66.0 Å². The van der Waals surface area contributed by atoms with Crippen LogP contribution in [0.5, 0.6) is 5.75 Å². The van der Waals surface area contributed by atoms with Crippen LogP contribution in [0.2, 0.25) is 0 Å². The number of nitrogens with two attached hydrogens (primary N) is 1. The molecule has 7 heteroatoms. The molecule has 3 rings (SSSR count). The molecule has 0 saturated carbocycles. The first kappa shape index (κ1) is 13.9. The van der Waals surface area contributed by atoms with Crippen LogP contribution >= 0.6 is 0 Å². The number of nitrogens with zero attached hydrogens (tertiary/aromatic N) is 3. The van der Waals surface area contributed by atoms with Gasteiger partial charge in [-0.3, -0.25) is 0 Å². The number of rotatable bonds is 4. The van der Waals surface area contributed by atoms with Crippen molar-refractivity contribution in [3.05, 3.63) is 30.1 Å². The van der Waals surface area contributed by atoms with E-state index in [9.17, 15) is 8.78 Å². The molecule has 0 saturated heterocycles. The highest BCUT2D eigenvalue weighted by Crippen LogP contribution is 2.27. The molecule has 0 fully saturated rings. The zero-order chi connectivity index (χ0) is 14.8. The second kappa shape index (κ2) is 5.77. The number of benzene rings is 1. The zero-order valence-electron chi connectivity index (χ0n) is 11.4. The van der Waals surface area contributed by atoms with Crippen LogP contribution in [0.4, 0.5) is 8.78 Å². The van der Waals surface area contributed by atoms with Gasteiger partial charge in [0.2, 0.25) is 0 Å². The van der Waals surface area contributed by atoms with Gasteiger partial charge in [0.15, 0.2) is 5.82 Å². The van der Waals surface area contributed by atoms with Gasteiger partial charge in [0.25, 0.3) is 0 Å². The SMILES string of the molecule is NCC1CCc2nnc(-c3cccc(OC(F)F)c3)n2C1. The Hall–Kier alpha value is -2.02. The molecule has 1 aliphatic rings. The lowest BCUT2D eigenvalue weighted by Gasteiger charge is -2.23. The lowest BCUT2D eigenvalue weighted by Crippen LogP contribution is -2.26. The zero-order valence-corrected chi connectivity index (χ0v) is 11.4. The first-order valence-electron chi connectivity index (χ1n) is 6.84. The molecular weight excluding hydrogens is 278 g/mol. The monoisotopic (exact) mass is 294 g/mol. The maximum absolute atomic E-state index is 12.3. The van der Waals surface area contributed by atoms with Crippen LogP contribution < -0.4 is 10.5 Å². The van der Waals surface area contributed by atoms with Crippen molar-refractivity contribution in [2.24, 2.45) is 11.7 Å². The van der Waals surface area contributed by atoms with E-state index in [4.69, 9.17) is 5.73 Å². The summed E-state index contributed by atoms with van der Waals surface area (Å²) in [4.78, 5) is 0. The third kappa shape index (κ3) is 2.87. The van der Waals surface area contributed by atoms with E-state index in [1.165, 1.54) is 6.07 Å². The van der Waals surface area contributed by atoms with Gasteiger partial charge in [-0.25, -0.2) is 0 Å². The highest BCUT2D eigenvalue weighted by atomic mass is 19.3. The molecule has 1 unspecified atom stereocenters. The predicted molar refractivity (Wildman–Crippen MR) is 73.0 cm³/mol. The molecule has 0 aliphatic carbocycles. The Balaban J connectivity index is 1.93. The minimum absolute atomic E-state index is 0.117. The van der Waals surface area contributed by atoms with E-state index in [0.717, 1.165) is 25.2 Å². The highest BCUT2D eigenvalue weighted by molar-refractivity contribution is 5.58. The lowest BCUT2D eigenvalue weighted by molar-refractivity contribution is -0.0498. The van der Waals surface area contributed by atoms with Crippen molar-refractivity contribution in [1.29, 1.82) is 0 Å². The number of halogens is 2. The van der Waals surface area contributed by atoms with Crippen molar-refractivity contribution in [3.8, 4) is 17.1 Å². The van der Waals surface area contributed by atoms with Gasteiger partial charge in [-0.05, 0) is 31.0 Å². The molecule has 21 heavy (non-hydrogen) atoms. The summed E-state index contributed by atoms with van der Waals surface area (Å²) in [6, 6.07) is 6.51. The number of aryl methyl sites for hydroxylation is 1. The van der Waals surface area contributed by atoms with E-state index >= 15 is 0 Å². The van der Waals surface area contributed by atoms with E-state index < -0.39 is 6.61 Å². The Kier molecular flexibility index (Phi) is 3.83. The standard InChI is InChI=1S/C14H16F2N4O/c15-14(16)21-11-3-1-2-10(6-11)13-19-18-12-5-4-9(7-17)8-20(12)13/h1-3,6,9,14H,4-5,7-8,17H2. The molecule has 1 aromatic heterocycles. The van der Waals surface area contributed by atoms with Crippen LogP contribution in [0.3, 0.4) is 0 Å². The van der Waals surface area contributed by atoms with Gasteiger partial charge in [0.05, 0.1) is 0 Å². The number of aromatic nitrogens is 3. The molecule has 0 bridgehead atoms. The van der Waals surface area contributed by atoms with Gasteiger partial charge in [-0.1, -0.05) is 12.1 Å². The number of fused-ring (bicyclic) bond motifs is 1. The van der Waals surface area contributed by atoms with E-state index in [-0.39, 0.29) is 5.75 Å². The first-order chi connectivity index (χ1) is 10.2. The summed E-state index contributed by atoms with van der Waals surface area (Å²) in [5.74, 6) is 2.09. The summed E-state index contributed by atoms with van der Waals surface area (Å²) in [7, 11) is 0. The van der Waals surface area contributed by atoms with Crippen molar-refractivity contribution in [2.75, 3.05) is 6.54 Å². The van der Waals surface area contributed by atoms with Gasteiger partial charge < -0.3 is 15.0 Å². The summed E-state index contributed by atoms with van der Waals surface area (Å²) in [6.45, 7) is -1.46. The summed E-state index contributed by atoms with van der Waals surface area (Å²) in [5, 5.41) is 8.36. The van der Waals surface area contributed by atoms with E-state index in [2.05, 4.69) is 14.9 Å². The predicted octanol–water partition coefficient (Wildman–Crippen LogP) is 2.07. The lowest BCUT2D eigenvalue weighted by atomic mass is 9.99. The Morgan fingerprint density at radius 1 is 1.38 bits per heavy atom. The quantitative estimate of drug-likeness (QED) is 0.937. The molecule has 1 aromatic carbocycles. The molecule has 2 N–H and O–H groups in total. The van der Waals surface area contributed by atoms with E-state index in [0.29, 0.717) is 23.9 Å². The molecule has 1 atom stereocenters. The molecule has 5 nitrogen and oxygen atoms in total. The van der Waals surface area contributed by atoms with Crippen molar-refractivity contribution in [2.45, 2.75) is 26.0 Å². The Bertz CT molecular complexity index is 629. The fourth-order valence-corrected chi connectivity index (χ4v) is 2.61. The average molecular weight is 294 g/mol. The molecule has 0 spiro atoms. The van der Waals surface area contributed by atoms with E-state index in [1.54, 1.807) is 12.1 Å². The smallest absolute Gasteiger partial charge is 0.387 e. The van der Waals surface area contributed by atoms with Gasteiger partial charge in [-0.2, -0.15) is 8.78 Å². The third-order valence-corrected chi connectivity index (χ3v) is 3.70. The number of hydrogen-bond donors (Lipinski definition) is 1. The van der Waals surface area contributed by atoms with Crippen molar-refractivity contribution in [3.63, 3.8) is 0 Å². The molecule has 0 radical (unpaired) electrons. The van der Waals surface area contributed by atoms with Gasteiger partial charge in [0.1, 0.15) is 11.6 Å². The molecule has 112 valence electrons. The maximum atomic E-state index is 12.3. The molecule has 1 aliphatic heterocycles. The largest absolute Gasteiger partial charge is 0.435 e. The van der Waals surface area contributed by atoms with Crippen molar-refractivity contribution < 1.29 is 13.5 Å². The summed E-state index contributed by atoms with van der Waals surface area (Å²) >= 11 is 0. The van der Waals surface area contributed by atoms with Crippen LogP contribution in [0.25, 0.3) is 11.4 Å². The summed E-state index contributed by atoms with van der Waals surface area (Å²) < 4.78 is 31.0. The summed E-state index contributed by atoms with van der Waals surface area (Å²) in [6.07, 6.45) is 1.84. The van der Waals surface area contributed by atoms with Crippen LogP contribution in [-0.2, 0) is 13.0 Å². The number of hydrogen-bond acceptors (Lipinski definition) is 4. The second-order valence-corrected chi connectivity index (χ2v) is 5.10. The molecular formula is C14H16F2N4O. The second-order valence-electron chi connectivity index (χ2n) is 5.10. The molecule has 0 amide bonds. The Labute approximate surface area is 120 Å². The van der Waals surface area contributed by atoms with E-state index in [1.807, 2.05) is 10.6 Å². The Morgan fingerprint density at radius 3 is 3.00 bits per heavy atom. The molecule has 2 heterocycles. The number of alkyl halides is 2. The highest BCUT2D eigenvalue weighted by Gasteiger charge is 2.22. The fourth-order valence-electron chi connectivity index (χ4n) is 2.61. The maximum Gasteiger partial charge on any atom is 0.387 e. The number of ether oxygens (including phenoxy) is 1. The fraction of sp³-hybridized carbons (Fsp3) is 0.429. The van der Waals surface area contributed by atoms with Crippen molar-refractivity contribution in [1.82, 2.24) is 14.8 Å². The van der Waals surface area contributed by atoms with Crippen LogP contribution in [0.15, 0.2) is 24.3 Å². The normalized spacial score (nSPS) is 17.8. The molecule has 2 aromatic rings.